The van der Waals surface area contributed by atoms with E-state index in [1.165, 1.54) is 18.3 Å². The lowest BCUT2D eigenvalue weighted by Crippen LogP contribution is -2.22. The van der Waals surface area contributed by atoms with Crippen LogP contribution < -0.4 is 16.2 Å². The zero-order chi connectivity index (χ0) is 17.9. The standard InChI is InChI=1S/C19H15N5O2/c25-17-9-6-14(10-21-17)22-19(26)23-18-16(13-4-2-1-3-5-13)8-7-15-11-20-12-24(15)18/h1-12H,(H,21,25)(H2,22,23,26). The summed E-state index contributed by atoms with van der Waals surface area (Å²) in [5.74, 6) is 0.605. The average molecular weight is 345 g/mol. The molecule has 0 fully saturated rings. The van der Waals surface area contributed by atoms with Crippen molar-refractivity contribution in [3.05, 3.63) is 83.7 Å². The molecule has 128 valence electrons. The first-order valence-corrected chi connectivity index (χ1v) is 7.98. The molecular weight excluding hydrogens is 330 g/mol. The summed E-state index contributed by atoms with van der Waals surface area (Å²) in [6.07, 6.45) is 4.81. The van der Waals surface area contributed by atoms with Crippen molar-refractivity contribution < 1.29 is 4.79 Å². The first-order valence-electron chi connectivity index (χ1n) is 7.98. The van der Waals surface area contributed by atoms with E-state index in [9.17, 15) is 9.59 Å². The van der Waals surface area contributed by atoms with E-state index in [1.54, 1.807) is 12.5 Å². The molecule has 0 aliphatic carbocycles. The van der Waals surface area contributed by atoms with Crippen LogP contribution in [-0.2, 0) is 0 Å². The summed E-state index contributed by atoms with van der Waals surface area (Å²) >= 11 is 0. The van der Waals surface area contributed by atoms with Gasteiger partial charge in [-0.2, -0.15) is 0 Å². The van der Waals surface area contributed by atoms with Gasteiger partial charge in [0, 0.05) is 17.8 Å². The van der Waals surface area contributed by atoms with Crippen molar-refractivity contribution in [2.45, 2.75) is 0 Å². The number of H-pyrrole nitrogens is 1. The maximum atomic E-state index is 12.5. The summed E-state index contributed by atoms with van der Waals surface area (Å²) in [6.45, 7) is 0. The van der Waals surface area contributed by atoms with Crippen LogP contribution in [-0.4, -0.2) is 20.4 Å². The lowest BCUT2D eigenvalue weighted by Gasteiger charge is -2.14. The highest BCUT2D eigenvalue weighted by molar-refractivity contribution is 6.01. The number of hydrogen-bond acceptors (Lipinski definition) is 3. The van der Waals surface area contributed by atoms with Crippen LogP contribution in [0.1, 0.15) is 0 Å². The van der Waals surface area contributed by atoms with E-state index in [0.717, 1.165) is 16.6 Å². The summed E-state index contributed by atoms with van der Waals surface area (Å²) < 4.78 is 1.81. The molecule has 7 heteroatoms. The fourth-order valence-electron chi connectivity index (χ4n) is 2.73. The fourth-order valence-corrected chi connectivity index (χ4v) is 2.73. The molecule has 0 bridgehead atoms. The summed E-state index contributed by atoms with van der Waals surface area (Å²) in [7, 11) is 0. The minimum Gasteiger partial charge on any atom is -0.327 e. The fraction of sp³-hybridized carbons (Fsp3) is 0. The number of imidazole rings is 1. The molecule has 0 aliphatic heterocycles. The Bertz CT molecular complexity index is 1110. The van der Waals surface area contributed by atoms with Gasteiger partial charge in [0.1, 0.15) is 12.1 Å². The van der Waals surface area contributed by atoms with Crippen LogP contribution in [0.25, 0.3) is 16.6 Å². The molecule has 4 rings (SSSR count). The number of aromatic amines is 1. The largest absolute Gasteiger partial charge is 0.327 e. The number of urea groups is 1. The highest BCUT2D eigenvalue weighted by Gasteiger charge is 2.13. The Hall–Kier alpha value is -3.87. The quantitative estimate of drug-likeness (QED) is 0.532. The van der Waals surface area contributed by atoms with Crippen LogP contribution in [0, 0.1) is 0 Å². The van der Waals surface area contributed by atoms with Crippen LogP contribution in [0.3, 0.4) is 0 Å². The van der Waals surface area contributed by atoms with E-state index in [2.05, 4.69) is 20.6 Å². The van der Waals surface area contributed by atoms with Gasteiger partial charge in [0.15, 0.2) is 0 Å². The Morgan fingerprint density at radius 1 is 1.00 bits per heavy atom. The molecule has 3 heterocycles. The number of anilines is 2. The maximum Gasteiger partial charge on any atom is 0.324 e. The lowest BCUT2D eigenvalue weighted by molar-refractivity contribution is 0.262. The normalized spacial score (nSPS) is 10.6. The third-order valence-electron chi connectivity index (χ3n) is 3.94. The molecule has 0 radical (unpaired) electrons. The Labute approximate surface area is 148 Å². The number of rotatable bonds is 3. The molecule has 0 unspecified atom stereocenters. The zero-order valence-electron chi connectivity index (χ0n) is 13.6. The molecule has 0 saturated heterocycles. The van der Waals surface area contributed by atoms with Crippen molar-refractivity contribution >= 4 is 23.1 Å². The lowest BCUT2D eigenvalue weighted by atomic mass is 10.1. The van der Waals surface area contributed by atoms with Gasteiger partial charge < -0.3 is 10.3 Å². The van der Waals surface area contributed by atoms with Gasteiger partial charge >= 0.3 is 6.03 Å². The molecule has 3 aromatic heterocycles. The average Bonchev–Trinajstić information content (AvgIpc) is 3.14. The zero-order valence-corrected chi connectivity index (χ0v) is 13.6. The number of nitrogens with zero attached hydrogens (tertiary/aromatic N) is 2. The molecule has 26 heavy (non-hydrogen) atoms. The van der Waals surface area contributed by atoms with Gasteiger partial charge in [-0.05, 0) is 23.8 Å². The Morgan fingerprint density at radius 2 is 1.85 bits per heavy atom. The molecule has 3 N–H and O–H groups in total. The summed E-state index contributed by atoms with van der Waals surface area (Å²) in [5.41, 5.74) is 2.96. The van der Waals surface area contributed by atoms with Crippen LogP contribution in [0.5, 0.6) is 0 Å². The molecule has 4 aromatic rings. The molecule has 0 atom stereocenters. The van der Waals surface area contributed by atoms with Crippen LogP contribution in [0.15, 0.2) is 78.1 Å². The second-order valence-corrected chi connectivity index (χ2v) is 5.67. The van der Waals surface area contributed by atoms with Crippen LogP contribution >= 0.6 is 0 Å². The van der Waals surface area contributed by atoms with Gasteiger partial charge in [-0.15, -0.1) is 0 Å². The van der Waals surface area contributed by atoms with Gasteiger partial charge in [-0.25, -0.2) is 9.78 Å². The monoisotopic (exact) mass is 345 g/mol. The predicted molar refractivity (Wildman–Crippen MR) is 100 cm³/mol. The summed E-state index contributed by atoms with van der Waals surface area (Å²) in [4.78, 5) is 30.3. The smallest absolute Gasteiger partial charge is 0.324 e. The van der Waals surface area contributed by atoms with E-state index in [0.29, 0.717) is 11.5 Å². The van der Waals surface area contributed by atoms with E-state index >= 15 is 0 Å². The van der Waals surface area contributed by atoms with Gasteiger partial charge in [0.05, 0.1) is 17.4 Å². The number of nitrogens with one attached hydrogen (secondary N) is 3. The van der Waals surface area contributed by atoms with E-state index in [-0.39, 0.29) is 5.56 Å². The minimum absolute atomic E-state index is 0.231. The first-order chi connectivity index (χ1) is 12.7. The summed E-state index contributed by atoms with van der Waals surface area (Å²) in [6, 6.07) is 16.1. The van der Waals surface area contributed by atoms with Crippen molar-refractivity contribution in [1.29, 1.82) is 0 Å². The molecule has 7 nitrogen and oxygen atoms in total. The molecular formula is C19H15N5O2. The van der Waals surface area contributed by atoms with E-state index < -0.39 is 6.03 Å². The van der Waals surface area contributed by atoms with Crippen molar-refractivity contribution in [3.63, 3.8) is 0 Å². The summed E-state index contributed by atoms with van der Waals surface area (Å²) in [5, 5.41) is 5.58. The van der Waals surface area contributed by atoms with Gasteiger partial charge in [-0.3, -0.25) is 14.5 Å². The van der Waals surface area contributed by atoms with Gasteiger partial charge in [0.25, 0.3) is 0 Å². The number of hydrogen-bond donors (Lipinski definition) is 3. The number of carbonyl (C=O) groups is 1. The molecule has 0 aliphatic rings. The Kier molecular flexibility index (Phi) is 3.95. The van der Waals surface area contributed by atoms with Crippen LogP contribution in [0.4, 0.5) is 16.3 Å². The van der Waals surface area contributed by atoms with Crippen LogP contribution in [0.2, 0.25) is 0 Å². The highest BCUT2D eigenvalue weighted by atomic mass is 16.2. The number of aromatic nitrogens is 3. The third-order valence-corrected chi connectivity index (χ3v) is 3.94. The van der Waals surface area contributed by atoms with Crippen molar-refractivity contribution in [2.24, 2.45) is 0 Å². The van der Waals surface area contributed by atoms with E-state index in [4.69, 9.17) is 0 Å². The number of carbonyl (C=O) groups excluding carboxylic acids is 1. The molecule has 0 saturated carbocycles. The number of fused-ring (bicyclic) bond motifs is 1. The maximum absolute atomic E-state index is 12.5. The molecule has 2 amide bonds. The Balaban J connectivity index is 1.70. The second-order valence-electron chi connectivity index (χ2n) is 5.67. The third kappa shape index (κ3) is 3.05. The second kappa shape index (κ2) is 6.56. The van der Waals surface area contributed by atoms with Crippen molar-refractivity contribution in [1.82, 2.24) is 14.4 Å². The number of amides is 2. The molecule has 1 aromatic carbocycles. The van der Waals surface area contributed by atoms with Crippen molar-refractivity contribution in [2.75, 3.05) is 10.6 Å². The number of pyridine rings is 2. The minimum atomic E-state index is -0.421. The first kappa shape index (κ1) is 15.6. The van der Waals surface area contributed by atoms with Gasteiger partial charge in [0.2, 0.25) is 5.56 Å². The molecule has 0 spiro atoms. The van der Waals surface area contributed by atoms with Crippen molar-refractivity contribution in [3.8, 4) is 11.1 Å². The van der Waals surface area contributed by atoms with Gasteiger partial charge in [-0.1, -0.05) is 30.3 Å². The van der Waals surface area contributed by atoms with E-state index in [1.807, 2.05) is 46.9 Å². The topological polar surface area (TPSA) is 91.3 Å². The highest BCUT2D eigenvalue weighted by Crippen LogP contribution is 2.29. The SMILES string of the molecule is O=C(Nc1ccc(=O)[nH]c1)Nc1c(-c2ccccc2)ccc2cncn12. The predicted octanol–water partition coefficient (Wildman–Crippen LogP) is 3.33. The number of benzene rings is 1. The Morgan fingerprint density at radius 3 is 2.62 bits per heavy atom.